The molecule has 0 saturated heterocycles. The van der Waals surface area contributed by atoms with Gasteiger partial charge in [0.05, 0.1) is 12.0 Å². The van der Waals surface area contributed by atoms with E-state index in [0.717, 1.165) is 19.3 Å². The van der Waals surface area contributed by atoms with E-state index >= 15 is 0 Å². The third-order valence-electron chi connectivity index (χ3n) is 3.43. The zero-order valence-electron chi connectivity index (χ0n) is 11.3. The third kappa shape index (κ3) is 5.72. The Balaban J connectivity index is 2.49. The third-order valence-corrected chi connectivity index (χ3v) is 3.43. The molecule has 3 N–H and O–H groups in total. The van der Waals surface area contributed by atoms with E-state index in [1.165, 1.54) is 6.92 Å². The molecular weight excluding hydrogens is 248 g/mol. The smallest absolute Gasteiger partial charge is 0.305 e. The molecule has 108 valence electrons. The van der Waals surface area contributed by atoms with E-state index in [0.29, 0.717) is 12.8 Å². The first-order valence-electron chi connectivity index (χ1n) is 6.71. The summed E-state index contributed by atoms with van der Waals surface area (Å²) in [7, 11) is 0. The molecular formula is C13H22N2O4. The number of carboxylic acids is 1. The Hall–Kier alpha value is -1.59. The van der Waals surface area contributed by atoms with Crippen LogP contribution < -0.4 is 10.6 Å². The van der Waals surface area contributed by atoms with Gasteiger partial charge < -0.3 is 15.7 Å². The second kappa shape index (κ2) is 7.11. The van der Waals surface area contributed by atoms with Crippen LogP contribution in [0.4, 0.5) is 0 Å². The predicted octanol–water partition coefficient (Wildman–Crippen LogP) is 0.806. The highest BCUT2D eigenvalue weighted by Gasteiger charge is 2.35. The molecule has 0 aromatic rings. The van der Waals surface area contributed by atoms with Gasteiger partial charge in [0, 0.05) is 19.9 Å². The zero-order valence-corrected chi connectivity index (χ0v) is 11.3. The Morgan fingerprint density at radius 1 is 1.16 bits per heavy atom. The highest BCUT2D eigenvalue weighted by atomic mass is 16.4. The van der Waals surface area contributed by atoms with Crippen LogP contribution in [-0.2, 0) is 14.4 Å². The highest BCUT2D eigenvalue weighted by molar-refractivity contribution is 5.79. The SMILES string of the molecule is CC(=O)NCCC(=O)NC1(CC(=O)O)CCCCC1. The summed E-state index contributed by atoms with van der Waals surface area (Å²) < 4.78 is 0. The van der Waals surface area contributed by atoms with Crippen molar-refractivity contribution < 1.29 is 19.5 Å². The summed E-state index contributed by atoms with van der Waals surface area (Å²) in [5.41, 5.74) is -0.600. The van der Waals surface area contributed by atoms with Crippen LogP contribution in [0.1, 0.15) is 51.9 Å². The van der Waals surface area contributed by atoms with E-state index in [1.54, 1.807) is 0 Å². The fraction of sp³-hybridized carbons (Fsp3) is 0.769. The van der Waals surface area contributed by atoms with Crippen LogP contribution in [0.5, 0.6) is 0 Å². The average Bonchev–Trinajstić information content (AvgIpc) is 2.27. The number of rotatable bonds is 6. The molecule has 0 aromatic heterocycles. The number of amides is 2. The van der Waals surface area contributed by atoms with Crippen LogP contribution in [0.3, 0.4) is 0 Å². The van der Waals surface area contributed by atoms with Crippen LogP contribution >= 0.6 is 0 Å². The van der Waals surface area contributed by atoms with Gasteiger partial charge in [-0.25, -0.2) is 0 Å². The number of carbonyl (C=O) groups excluding carboxylic acids is 2. The van der Waals surface area contributed by atoms with E-state index in [4.69, 9.17) is 5.11 Å². The molecule has 0 aliphatic heterocycles. The van der Waals surface area contributed by atoms with Gasteiger partial charge in [-0.1, -0.05) is 19.3 Å². The predicted molar refractivity (Wildman–Crippen MR) is 69.5 cm³/mol. The van der Waals surface area contributed by atoms with Gasteiger partial charge in [0.25, 0.3) is 0 Å². The van der Waals surface area contributed by atoms with E-state index in [9.17, 15) is 14.4 Å². The second-order valence-electron chi connectivity index (χ2n) is 5.19. The Kier molecular flexibility index (Phi) is 5.79. The fourth-order valence-corrected chi connectivity index (χ4v) is 2.57. The molecule has 1 aliphatic rings. The van der Waals surface area contributed by atoms with Crippen LogP contribution in [0.2, 0.25) is 0 Å². The fourth-order valence-electron chi connectivity index (χ4n) is 2.57. The van der Waals surface area contributed by atoms with Gasteiger partial charge >= 0.3 is 5.97 Å². The number of hydrogen-bond donors (Lipinski definition) is 3. The summed E-state index contributed by atoms with van der Waals surface area (Å²) in [4.78, 5) is 33.5. The number of aliphatic carboxylic acids is 1. The molecule has 0 aromatic carbocycles. The minimum absolute atomic E-state index is 0.0289. The van der Waals surface area contributed by atoms with Crippen molar-refractivity contribution in [2.75, 3.05) is 6.54 Å². The van der Waals surface area contributed by atoms with Gasteiger partial charge in [-0.3, -0.25) is 14.4 Å². The minimum Gasteiger partial charge on any atom is -0.481 e. The van der Waals surface area contributed by atoms with Crippen molar-refractivity contribution in [1.82, 2.24) is 10.6 Å². The summed E-state index contributed by atoms with van der Waals surface area (Å²) >= 11 is 0. The summed E-state index contributed by atoms with van der Waals surface area (Å²) in [6.45, 7) is 1.68. The summed E-state index contributed by atoms with van der Waals surface area (Å²) in [5, 5.41) is 14.4. The van der Waals surface area contributed by atoms with E-state index in [-0.39, 0.29) is 31.2 Å². The van der Waals surface area contributed by atoms with Crippen LogP contribution in [-0.4, -0.2) is 35.0 Å². The van der Waals surface area contributed by atoms with Crippen molar-refractivity contribution in [3.8, 4) is 0 Å². The van der Waals surface area contributed by atoms with Gasteiger partial charge in [0.2, 0.25) is 11.8 Å². The lowest BCUT2D eigenvalue weighted by atomic mass is 9.79. The first kappa shape index (κ1) is 15.5. The average molecular weight is 270 g/mol. The lowest BCUT2D eigenvalue weighted by Crippen LogP contribution is -2.51. The lowest BCUT2D eigenvalue weighted by Gasteiger charge is -2.37. The van der Waals surface area contributed by atoms with E-state index in [2.05, 4.69) is 10.6 Å². The van der Waals surface area contributed by atoms with Gasteiger partial charge in [-0.2, -0.15) is 0 Å². The normalized spacial score (nSPS) is 17.5. The molecule has 0 unspecified atom stereocenters. The maximum Gasteiger partial charge on any atom is 0.305 e. The molecule has 0 spiro atoms. The number of hydrogen-bond acceptors (Lipinski definition) is 3. The molecule has 6 heteroatoms. The standard InChI is InChI=1S/C13H22N2O4/c1-10(16)14-8-5-11(17)15-13(9-12(18)19)6-3-2-4-7-13/h2-9H2,1H3,(H,14,16)(H,15,17)(H,18,19). The maximum absolute atomic E-state index is 11.8. The largest absolute Gasteiger partial charge is 0.481 e. The summed E-state index contributed by atoms with van der Waals surface area (Å²) in [5.74, 6) is -1.26. The molecule has 2 amide bonds. The van der Waals surface area contributed by atoms with Crippen molar-refractivity contribution in [3.63, 3.8) is 0 Å². The van der Waals surface area contributed by atoms with Crippen LogP contribution in [0, 0.1) is 0 Å². The molecule has 1 fully saturated rings. The molecule has 0 bridgehead atoms. The Morgan fingerprint density at radius 3 is 2.32 bits per heavy atom. The molecule has 1 aliphatic carbocycles. The Labute approximate surface area is 112 Å². The van der Waals surface area contributed by atoms with Crippen LogP contribution in [0.25, 0.3) is 0 Å². The topological polar surface area (TPSA) is 95.5 Å². The van der Waals surface area contributed by atoms with Gasteiger partial charge in [0.15, 0.2) is 0 Å². The Morgan fingerprint density at radius 2 is 1.79 bits per heavy atom. The zero-order chi connectivity index (χ0) is 14.3. The lowest BCUT2D eigenvalue weighted by molar-refractivity contribution is -0.139. The summed E-state index contributed by atoms with van der Waals surface area (Å²) in [6.07, 6.45) is 4.55. The first-order valence-corrected chi connectivity index (χ1v) is 6.71. The quantitative estimate of drug-likeness (QED) is 0.665. The van der Waals surface area contributed by atoms with Gasteiger partial charge in [-0.05, 0) is 12.8 Å². The molecule has 0 heterocycles. The molecule has 0 atom stereocenters. The van der Waals surface area contributed by atoms with E-state index in [1.807, 2.05) is 0 Å². The van der Waals surface area contributed by atoms with Crippen molar-refractivity contribution >= 4 is 17.8 Å². The van der Waals surface area contributed by atoms with Gasteiger partial charge in [-0.15, -0.1) is 0 Å². The van der Waals surface area contributed by atoms with Crippen molar-refractivity contribution in [2.24, 2.45) is 0 Å². The summed E-state index contributed by atoms with van der Waals surface area (Å²) in [6, 6.07) is 0. The second-order valence-corrected chi connectivity index (χ2v) is 5.19. The molecule has 6 nitrogen and oxygen atoms in total. The molecule has 1 saturated carbocycles. The van der Waals surface area contributed by atoms with Crippen LogP contribution in [0.15, 0.2) is 0 Å². The van der Waals surface area contributed by atoms with Crippen molar-refractivity contribution in [1.29, 1.82) is 0 Å². The monoisotopic (exact) mass is 270 g/mol. The molecule has 0 radical (unpaired) electrons. The number of carbonyl (C=O) groups is 3. The number of nitrogens with one attached hydrogen (secondary N) is 2. The molecule has 1 rings (SSSR count). The first-order chi connectivity index (χ1) is 8.93. The van der Waals surface area contributed by atoms with Crippen molar-refractivity contribution in [2.45, 2.75) is 57.4 Å². The minimum atomic E-state index is -0.885. The van der Waals surface area contributed by atoms with E-state index < -0.39 is 11.5 Å². The number of carboxylic acid groups (broad SMARTS) is 1. The maximum atomic E-state index is 11.8. The molecule has 19 heavy (non-hydrogen) atoms. The Bertz CT molecular complexity index is 349. The van der Waals surface area contributed by atoms with Gasteiger partial charge in [0.1, 0.15) is 0 Å². The van der Waals surface area contributed by atoms with Crippen molar-refractivity contribution in [3.05, 3.63) is 0 Å². The highest BCUT2D eigenvalue weighted by Crippen LogP contribution is 2.31.